The van der Waals surface area contributed by atoms with Gasteiger partial charge in [-0.1, -0.05) is 6.07 Å². The number of rotatable bonds is 3. The molecule has 0 amide bonds. The van der Waals surface area contributed by atoms with Crippen molar-refractivity contribution >= 4 is 11.0 Å². The zero-order chi connectivity index (χ0) is 13.5. The first-order valence-corrected chi connectivity index (χ1v) is 6.24. The van der Waals surface area contributed by atoms with Crippen LogP contribution in [-0.4, -0.2) is 22.1 Å². The fraction of sp³-hybridized carbons (Fsp3) is 0.500. The fourth-order valence-corrected chi connectivity index (χ4v) is 2.10. The van der Waals surface area contributed by atoms with Crippen LogP contribution in [0.1, 0.15) is 31.3 Å². The van der Waals surface area contributed by atoms with E-state index in [0.717, 1.165) is 22.4 Å². The number of nitrogens with two attached hydrogens (primary N) is 1. The number of fused-ring (bicyclic) bond motifs is 1. The number of nitrogens with zero attached hydrogens (tertiary/aromatic N) is 2. The van der Waals surface area contributed by atoms with Crippen LogP contribution in [0.4, 0.5) is 0 Å². The predicted octanol–water partition coefficient (Wildman–Crippen LogP) is 1.88. The van der Waals surface area contributed by atoms with Crippen LogP contribution in [0.2, 0.25) is 0 Å². The zero-order valence-electron chi connectivity index (χ0n) is 11.8. The lowest BCUT2D eigenvalue weighted by atomic mass is 9.89. The Labute approximate surface area is 108 Å². The third kappa shape index (κ3) is 2.02. The summed E-state index contributed by atoms with van der Waals surface area (Å²) in [7, 11) is 3.96. The number of aromatic nitrogens is 2. The van der Waals surface area contributed by atoms with Crippen molar-refractivity contribution in [3.63, 3.8) is 0 Å². The summed E-state index contributed by atoms with van der Waals surface area (Å²) in [5.74, 6) is 1.02. The van der Waals surface area contributed by atoms with Gasteiger partial charge in [0.1, 0.15) is 5.82 Å². The Bertz CT molecular complexity index is 568. The summed E-state index contributed by atoms with van der Waals surface area (Å²) in [6.45, 7) is 6.22. The number of imidazole rings is 1. The van der Waals surface area contributed by atoms with E-state index in [9.17, 15) is 0 Å². The maximum absolute atomic E-state index is 6.32. The van der Waals surface area contributed by atoms with Crippen LogP contribution in [0.3, 0.4) is 0 Å². The first-order chi connectivity index (χ1) is 8.36. The standard InChI is InChI=1S/C14H22N4/c1-9-17-11-8-10(6-7-12(11)18(9)5)13(15)14(2,3)16-4/h6-8,13,16H,15H2,1-5H3. The van der Waals surface area contributed by atoms with E-state index in [1.165, 1.54) is 0 Å². The Kier molecular flexibility index (Phi) is 3.17. The molecule has 2 aromatic rings. The summed E-state index contributed by atoms with van der Waals surface area (Å²) in [5, 5.41) is 3.25. The summed E-state index contributed by atoms with van der Waals surface area (Å²) in [5.41, 5.74) is 9.45. The number of benzene rings is 1. The zero-order valence-corrected chi connectivity index (χ0v) is 11.8. The number of hydrogen-bond acceptors (Lipinski definition) is 3. The number of nitrogens with one attached hydrogen (secondary N) is 1. The van der Waals surface area contributed by atoms with Gasteiger partial charge in [0.2, 0.25) is 0 Å². The smallest absolute Gasteiger partial charge is 0.106 e. The molecule has 0 radical (unpaired) electrons. The predicted molar refractivity (Wildman–Crippen MR) is 75.5 cm³/mol. The van der Waals surface area contributed by atoms with Gasteiger partial charge in [-0.25, -0.2) is 4.98 Å². The van der Waals surface area contributed by atoms with Crippen molar-refractivity contribution in [2.45, 2.75) is 32.4 Å². The molecule has 18 heavy (non-hydrogen) atoms. The van der Waals surface area contributed by atoms with E-state index in [0.29, 0.717) is 0 Å². The quantitative estimate of drug-likeness (QED) is 0.869. The van der Waals surface area contributed by atoms with E-state index < -0.39 is 0 Å². The SMILES string of the molecule is CNC(C)(C)C(N)c1ccc2c(c1)nc(C)n2C. The lowest BCUT2D eigenvalue weighted by Crippen LogP contribution is -2.46. The highest BCUT2D eigenvalue weighted by molar-refractivity contribution is 5.77. The Morgan fingerprint density at radius 2 is 2.06 bits per heavy atom. The molecule has 1 unspecified atom stereocenters. The number of hydrogen-bond donors (Lipinski definition) is 2. The number of aryl methyl sites for hydroxylation is 2. The van der Waals surface area contributed by atoms with E-state index in [2.05, 4.69) is 46.9 Å². The average Bonchev–Trinajstić information content (AvgIpc) is 2.63. The van der Waals surface area contributed by atoms with Crippen molar-refractivity contribution in [1.82, 2.24) is 14.9 Å². The van der Waals surface area contributed by atoms with Gasteiger partial charge in [-0.3, -0.25) is 0 Å². The minimum absolute atomic E-state index is 0.0609. The van der Waals surface area contributed by atoms with E-state index in [4.69, 9.17) is 5.73 Å². The summed E-state index contributed by atoms with van der Waals surface area (Å²) in [6.07, 6.45) is 0. The van der Waals surface area contributed by atoms with Crippen molar-refractivity contribution in [2.24, 2.45) is 12.8 Å². The van der Waals surface area contributed by atoms with Crippen molar-refractivity contribution in [2.75, 3.05) is 7.05 Å². The summed E-state index contributed by atoms with van der Waals surface area (Å²) >= 11 is 0. The van der Waals surface area contributed by atoms with Gasteiger partial charge in [0.05, 0.1) is 11.0 Å². The molecule has 0 saturated carbocycles. The molecule has 0 fully saturated rings. The molecular formula is C14H22N4. The lowest BCUT2D eigenvalue weighted by molar-refractivity contribution is 0.349. The topological polar surface area (TPSA) is 55.9 Å². The van der Waals surface area contributed by atoms with Gasteiger partial charge in [-0.15, -0.1) is 0 Å². The number of likely N-dealkylation sites (N-methyl/N-ethyl adjacent to an activating group) is 1. The summed E-state index contributed by atoms with van der Waals surface area (Å²) in [6, 6.07) is 6.21. The summed E-state index contributed by atoms with van der Waals surface area (Å²) in [4.78, 5) is 4.55. The molecule has 0 aliphatic heterocycles. The van der Waals surface area contributed by atoms with Crippen LogP contribution in [-0.2, 0) is 7.05 Å². The van der Waals surface area contributed by atoms with Gasteiger partial charge < -0.3 is 15.6 Å². The molecule has 1 heterocycles. The highest BCUT2D eigenvalue weighted by atomic mass is 15.0. The first kappa shape index (κ1) is 13.1. The molecule has 4 nitrogen and oxygen atoms in total. The highest BCUT2D eigenvalue weighted by Gasteiger charge is 2.26. The molecule has 3 N–H and O–H groups in total. The van der Waals surface area contributed by atoms with Crippen molar-refractivity contribution in [3.05, 3.63) is 29.6 Å². The fourth-order valence-electron chi connectivity index (χ4n) is 2.10. The maximum atomic E-state index is 6.32. The molecule has 4 heteroatoms. The Balaban J connectivity index is 2.48. The van der Waals surface area contributed by atoms with Gasteiger partial charge in [-0.2, -0.15) is 0 Å². The molecule has 0 aliphatic rings. The molecular weight excluding hydrogens is 224 g/mol. The third-order valence-corrected chi connectivity index (χ3v) is 3.91. The molecule has 2 rings (SSSR count). The molecule has 0 aliphatic carbocycles. The largest absolute Gasteiger partial charge is 0.331 e. The minimum atomic E-state index is -0.141. The van der Waals surface area contributed by atoms with Gasteiger partial charge in [-0.05, 0) is 45.5 Å². The molecule has 1 atom stereocenters. The van der Waals surface area contributed by atoms with Gasteiger partial charge in [0, 0.05) is 18.6 Å². The van der Waals surface area contributed by atoms with Crippen molar-refractivity contribution < 1.29 is 0 Å². The van der Waals surface area contributed by atoms with Crippen LogP contribution in [0.15, 0.2) is 18.2 Å². The first-order valence-electron chi connectivity index (χ1n) is 6.24. The Hall–Kier alpha value is -1.39. The third-order valence-electron chi connectivity index (χ3n) is 3.91. The van der Waals surface area contributed by atoms with E-state index >= 15 is 0 Å². The monoisotopic (exact) mass is 246 g/mol. The second-order valence-electron chi connectivity index (χ2n) is 5.42. The van der Waals surface area contributed by atoms with E-state index in [1.54, 1.807) is 0 Å². The average molecular weight is 246 g/mol. The van der Waals surface area contributed by atoms with E-state index in [1.807, 2.05) is 21.0 Å². The lowest BCUT2D eigenvalue weighted by Gasteiger charge is -2.31. The second kappa shape index (κ2) is 4.37. The van der Waals surface area contributed by atoms with Crippen LogP contribution in [0.5, 0.6) is 0 Å². The molecule has 0 saturated heterocycles. The highest BCUT2D eigenvalue weighted by Crippen LogP contribution is 2.25. The van der Waals surface area contributed by atoms with E-state index in [-0.39, 0.29) is 11.6 Å². The van der Waals surface area contributed by atoms with Gasteiger partial charge in [0.25, 0.3) is 0 Å². The van der Waals surface area contributed by atoms with Crippen LogP contribution in [0, 0.1) is 6.92 Å². The second-order valence-corrected chi connectivity index (χ2v) is 5.42. The van der Waals surface area contributed by atoms with Gasteiger partial charge in [0.15, 0.2) is 0 Å². The van der Waals surface area contributed by atoms with Gasteiger partial charge >= 0.3 is 0 Å². The minimum Gasteiger partial charge on any atom is -0.331 e. The summed E-state index contributed by atoms with van der Waals surface area (Å²) < 4.78 is 2.09. The molecule has 98 valence electrons. The normalized spacial score (nSPS) is 14.1. The Morgan fingerprint density at radius 3 is 2.67 bits per heavy atom. The maximum Gasteiger partial charge on any atom is 0.106 e. The molecule has 0 spiro atoms. The van der Waals surface area contributed by atoms with Crippen LogP contribution < -0.4 is 11.1 Å². The molecule has 1 aromatic heterocycles. The van der Waals surface area contributed by atoms with Crippen LogP contribution in [0.25, 0.3) is 11.0 Å². The molecule has 1 aromatic carbocycles. The van der Waals surface area contributed by atoms with Crippen molar-refractivity contribution in [1.29, 1.82) is 0 Å². The Morgan fingerprint density at radius 1 is 1.39 bits per heavy atom. The van der Waals surface area contributed by atoms with Crippen LogP contribution >= 0.6 is 0 Å². The molecule has 0 bridgehead atoms. The van der Waals surface area contributed by atoms with Crippen molar-refractivity contribution in [3.8, 4) is 0 Å².